The first-order chi connectivity index (χ1) is 9.24. The predicted octanol–water partition coefficient (Wildman–Crippen LogP) is 3.26. The van der Waals surface area contributed by atoms with Gasteiger partial charge in [0, 0.05) is 31.4 Å². The molecule has 0 radical (unpaired) electrons. The number of furan rings is 1. The quantitative estimate of drug-likeness (QED) is 0.890. The highest BCUT2D eigenvalue weighted by atomic mass is 16.3. The lowest BCUT2D eigenvalue weighted by Gasteiger charge is -2.12. The van der Waals surface area contributed by atoms with Crippen LogP contribution in [-0.4, -0.2) is 20.1 Å². The van der Waals surface area contributed by atoms with Crippen molar-refractivity contribution in [2.24, 2.45) is 0 Å². The van der Waals surface area contributed by atoms with E-state index >= 15 is 0 Å². The van der Waals surface area contributed by atoms with Crippen LogP contribution in [-0.2, 0) is 6.54 Å². The van der Waals surface area contributed by atoms with E-state index in [1.54, 1.807) is 6.26 Å². The lowest BCUT2D eigenvalue weighted by Crippen LogP contribution is -2.15. The molecule has 19 heavy (non-hydrogen) atoms. The summed E-state index contributed by atoms with van der Waals surface area (Å²) in [6, 6.07) is 11.3. The van der Waals surface area contributed by atoms with Crippen LogP contribution in [0, 0.1) is 0 Å². The van der Waals surface area contributed by atoms with Crippen LogP contribution >= 0.6 is 0 Å². The Morgan fingerprint density at radius 3 is 2.53 bits per heavy atom. The van der Waals surface area contributed by atoms with Gasteiger partial charge in [0.05, 0.1) is 12.8 Å². The second kappa shape index (κ2) is 5.10. The van der Waals surface area contributed by atoms with Crippen molar-refractivity contribution in [2.45, 2.75) is 25.4 Å². The molecule has 1 saturated carbocycles. The van der Waals surface area contributed by atoms with Crippen LogP contribution in [0.4, 0.5) is 5.69 Å². The summed E-state index contributed by atoms with van der Waals surface area (Å²) in [4.78, 5) is 2.11. The molecule has 2 aromatic rings. The number of anilines is 1. The van der Waals surface area contributed by atoms with Gasteiger partial charge in [-0.3, -0.25) is 0 Å². The lowest BCUT2D eigenvalue weighted by atomic mass is 10.1. The van der Waals surface area contributed by atoms with Crippen LogP contribution in [0.5, 0.6) is 0 Å². The van der Waals surface area contributed by atoms with Gasteiger partial charge < -0.3 is 14.6 Å². The topological polar surface area (TPSA) is 28.4 Å². The summed E-state index contributed by atoms with van der Waals surface area (Å²) < 4.78 is 5.60. The van der Waals surface area contributed by atoms with Crippen LogP contribution in [0.2, 0.25) is 0 Å². The van der Waals surface area contributed by atoms with Crippen molar-refractivity contribution in [2.75, 3.05) is 19.0 Å². The van der Waals surface area contributed by atoms with Crippen molar-refractivity contribution in [3.05, 3.63) is 42.4 Å². The maximum Gasteiger partial charge on any atom is 0.125 e. The van der Waals surface area contributed by atoms with Crippen molar-refractivity contribution in [3.8, 4) is 11.1 Å². The maximum absolute atomic E-state index is 5.60. The number of nitrogens with one attached hydrogen (secondary N) is 1. The molecule has 1 aromatic carbocycles. The van der Waals surface area contributed by atoms with E-state index in [2.05, 4.69) is 54.6 Å². The van der Waals surface area contributed by atoms with E-state index in [-0.39, 0.29) is 0 Å². The van der Waals surface area contributed by atoms with Crippen LogP contribution in [0.25, 0.3) is 11.1 Å². The molecule has 1 N–H and O–H groups in total. The highest BCUT2D eigenvalue weighted by Crippen LogP contribution is 2.28. The lowest BCUT2D eigenvalue weighted by molar-refractivity contribution is 0.483. The van der Waals surface area contributed by atoms with Crippen LogP contribution in [0.1, 0.15) is 18.6 Å². The summed E-state index contributed by atoms with van der Waals surface area (Å²) in [5.74, 6) is 1.03. The molecule has 1 fully saturated rings. The van der Waals surface area contributed by atoms with E-state index < -0.39 is 0 Å². The molecule has 0 saturated heterocycles. The zero-order valence-corrected chi connectivity index (χ0v) is 11.5. The molecule has 3 nitrogen and oxygen atoms in total. The molecule has 3 rings (SSSR count). The molecule has 1 aliphatic carbocycles. The van der Waals surface area contributed by atoms with Crippen LogP contribution in [0.15, 0.2) is 41.0 Å². The Morgan fingerprint density at radius 2 is 1.89 bits per heavy atom. The van der Waals surface area contributed by atoms with Crippen molar-refractivity contribution in [1.29, 1.82) is 0 Å². The van der Waals surface area contributed by atoms with Gasteiger partial charge in [0.15, 0.2) is 0 Å². The van der Waals surface area contributed by atoms with Crippen molar-refractivity contribution >= 4 is 5.69 Å². The van der Waals surface area contributed by atoms with Gasteiger partial charge in [-0.05, 0) is 36.6 Å². The van der Waals surface area contributed by atoms with Gasteiger partial charge in [-0.25, -0.2) is 0 Å². The van der Waals surface area contributed by atoms with Gasteiger partial charge >= 0.3 is 0 Å². The third-order valence-corrected chi connectivity index (χ3v) is 3.57. The first-order valence-electron chi connectivity index (χ1n) is 6.81. The SMILES string of the molecule is CN(C)c1ccc(-c2ccoc2CNC2CC2)cc1. The van der Waals surface area contributed by atoms with Gasteiger partial charge in [-0.15, -0.1) is 0 Å². The Balaban J connectivity index is 1.78. The van der Waals surface area contributed by atoms with E-state index in [9.17, 15) is 0 Å². The maximum atomic E-state index is 5.60. The average Bonchev–Trinajstić information content (AvgIpc) is 3.13. The third-order valence-electron chi connectivity index (χ3n) is 3.57. The zero-order chi connectivity index (χ0) is 13.2. The molecule has 0 amide bonds. The summed E-state index contributed by atoms with van der Waals surface area (Å²) in [6.07, 6.45) is 4.38. The molecular weight excluding hydrogens is 236 g/mol. The largest absolute Gasteiger partial charge is 0.467 e. The van der Waals surface area contributed by atoms with E-state index in [4.69, 9.17) is 4.42 Å². The second-order valence-corrected chi connectivity index (χ2v) is 5.35. The molecule has 100 valence electrons. The fourth-order valence-corrected chi connectivity index (χ4v) is 2.20. The second-order valence-electron chi connectivity index (χ2n) is 5.35. The Labute approximate surface area is 114 Å². The smallest absolute Gasteiger partial charge is 0.125 e. The Bertz CT molecular complexity index is 538. The van der Waals surface area contributed by atoms with Crippen molar-refractivity contribution in [3.63, 3.8) is 0 Å². The molecule has 3 heteroatoms. The van der Waals surface area contributed by atoms with Crippen molar-refractivity contribution < 1.29 is 4.42 Å². The Morgan fingerprint density at radius 1 is 1.16 bits per heavy atom. The van der Waals surface area contributed by atoms with Crippen LogP contribution < -0.4 is 10.2 Å². The zero-order valence-electron chi connectivity index (χ0n) is 11.5. The van der Waals surface area contributed by atoms with E-state index in [0.717, 1.165) is 12.3 Å². The van der Waals surface area contributed by atoms with Gasteiger partial charge in [-0.1, -0.05) is 12.1 Å². The molecule has 0 atom stereocenters. The van der Waals surface area contributed by atoms with E-state index in [1.165, 1.54) is 29.7 Å². The summed E-state index contributed by atoms with van der Waals surface area (Å²) in [6.45, 7) is 0.822. The molecule has 0 aliphatic heterocycles. The molecule has 0 spiro atoms. The van der Waals surface area contributed by atoms with Gasteiger partial charge in [0.25, 0.3) is 0 Å². The molecular formula is C16H20N2O. The Hall–Kier alpha value is -1.74. The number of hydrogen-bond acceptors (Lipinski definition) is 3. The van der Waals surface area contributed by atoms with E-state index in [1.807, 2.05) is 0 Å². The number of rotatable bonds is 5. The fraction of sp³-hybridized carbons (Fsp3) is 0.375. The van der Waals surface area contributed by atoms with Gasteiger partial charge in [0.2, 0.25) is 0 Å². The standard InChI is InChI=1S/C16H20N2O/c1-18(2)14-7-3-12(4-8-14)15-9-10-19-16(15)11-17-13-5-6-13/h3-4,7-10,13,17H,5-6,11H2,1-2H3. The molecule has 1 aromatic heterocycles. The fourth-order valence-electron chi connectivity index (χ4n) is 2.20. The summed E-state index contributed by atoms with van der Waals surface area (Å²) in [7, 11) is 4.11. The molecule has 0 unspecified atom stereocenters. The molecule has 1 heterocycles. The average molecular weight is 256 g/mol. The third kappa shape index (κ3) is 2.82. The van der Waals surface area contributed by atoms with Gasteiger partial charge in [-0.2, -0.15) is 0 Å². The monoisotopic (exact) mass is 256 g/mol. The summed E-state index contributed by atoms with van der Waals surface area (Å²) in [5.41, 5.74) is 3.62. The highest BCUT2D eigenvalue weighted by molar-refractivity contribution is 5.67. The van der Waals surface area contributed by atoms with Crippen molar-refractivity contribution in [1.82, 2.24) is 5.32 Å². The number of hydrogen-bond donors (Lipinski definition) is 1. The highest BCUT2D eigenvalue weighted by Gasteiger charge is 2.21. The molecule has 0 bridgehead atoms. The summed E-state index contributed by atoms with van der Waals surface area (Å²) in [5, 5.41) is 3.50. The van der Waals surface area contributed by atoms with Gasteiger partial charge in [0.1, 0.15) is 5.76 Å². The normalized spacial score (nSPS) is 14.6. The number of benzene rings is 1. The number of nitrogens with zero attached hydrogens (tertiary/aromatic N) is 1. The predicted molar refractivity (Wildman–Crippen MR) is 78.3 cm³/mol. The Kier molecular flexibility index (Phi) is 3.30. The molecule has 1 aliphatic rings. The summed E-state index contributed by atoms with van der Waals surface area (Å²) >= 11 is 0. The van der Waals surface area contributed by atoms with E-state index in [0.29, 0.717) is 6.04 Å². The minimum absolute atomic E-state index is 0.703. The first-order valence-corrected chi connectivity index (χ1v) is 6.81. The first kappa shape index (κ1) is 12.3. The minimum atomic E-state index is 0.703. The minimum Gasteiger partial charge on any atom is -0.467 e. The van der Waals surface area contributed by atoms with Crippen LogP contribution in [0.3, 0.4) is 0 Å².